The van der Waals surface area contributed by atoms with Gasteiger partial charge >= 0.3 is 12.4 Å². The summed E-state index contributed by atoms with van der Waals surface area (Å²) in [6.45, 7) is -0.378. The molecule has 0 unspecified atom stereocenters. The number of hydrogen-bond donors (Lipinski definition) is 1. The molecule has 3 heterocycles. The van der Waals surface area contributed by atoms with Gasteiger partial charge in [-0.1, -0.05) is 35.5 Å². The van der Waals surface area contributed by atoms with Crippen molar-refractivity contribution in [1.29, 1.82) is 0 Å². The number of aromatic nitrogens is 3. The second-order valence-electron chi connectivity index (χ2n) is 9.47. The van der Waals surface area contributed by atoms with Crippen LogP contribution < -0.4 is 5.32 Å². The standard InChI is InChI=1S/C25H24F6N4O.ClH/c1-35-21(13-32-34-35)19-12-23(16-5-3-2-4-6-16)22(8-7-20(19)33-23)36-14-15-9-17(24(26,27)28)11-18(10-15)25(29,30)31;/h2-6,9-11,13,19-20,22,33H,7-8,12,14H2,1H3;1H/t19-,20+,22-,23-;/m1./s1. The Morgan fingerprint density at radius 2 is 1.65 bits per heavy atom. The van der Waals surface area contributed by atoms with Crippen molar-refractivity contribution in [2.45, 2.75) is 61.8 Å². The number of halogens is 7. The molecular weight excluding hydrogens is 522 g/mol. The predicted octanol–water partition coefficient (Wildman–Crippen LogP) is 5.99. The van der Waals surface area contributed by atoms with Gasteiger partial charge in [0, 0.05) is 19.0 Å². The van der Waals surface area contributed by atoms with Crippen LogP contribution in [0.5, 0.6) is 0 Å². The van der Waals surface area contributed by atoms with E-state index in [1.54, 1.807) is 10.9 Å². The summed E-state index contributed by atoms with van der Waals surface area (Å²) in [5, 5.41) is 11.7. The Hall–Kier alpha value is -2.63. The highest BCUT2D eigenvalue weighted by atomic mass is 35.5. The van der Waals surface area contributed by atoms with Crippen molar-refractivity contribution in [2.24, 2.45) is 7.05 Å². The smallest absolute Gasteiger partial charge is 0.371 e. The molecular formula is C25H25ClF6N4O. The van der Waals surface area contributed by atoms with Crippen molar-refractivity contribution >= 4 is 12.4 Å². The van der Waals surface area contributed by atoms with Crippen LogP contribution in [0.15, 0.2) is 54.7 Å². The van der Waals surface area contributed by atoms with Gasteiger partial charge in [-0.15, -0.1) is 17.5 Å². The number of nitrogens with zero attached hydrogens (tertiary/aromatic N) is 3. The monoisotopic (exact) mass is 546 g/mol. The maximum Gasteiger partial charge on any atom is 0.416 e. The van der Waals surface area contributed by atoms with Gasteiger partial charge in [0.1, 0.15) is 0 Å². The topological polar surface area (TPSA) is 52.0 Å². The SMILES string of the molecule is Cl.Cn1nncc1[C@@H]1C[C@]2(c3ccccc3)N[C@H]1CC[C@H]2OCc1cc(C(F)(F)F)cc(C(F)(F)F)c1. The zero-order chi connectivity index (χ0) is 25.7. The lowest BCUT2D eigenvalue weighted by Gasteiger charge is -2.42. The predicted molar refractivity (Wildman–Crippen MR) is 125 cm³/mol. The molecule has 1 N–H and O–H groups in total. The van der Waals surface area contributed by atoms with Crippen LogP contribution in [0.3, 0.4) is 0 Å². The first-order valence-electron chi connectivity index (χ1n) is 11.5. The number of benzene rings is 2. The van der Waals surface area contributed by atoms with Gasteiger partial charge in [0.25, 0.3) is 0 Å². The third-order valence-corrected chi connectivity index (χ3v) is 7.28. The first-order chi connectivity index (χ1) is 17.0. The molecule has 2 aromatic carbocycles. The Balaban J connectivity index is 0.00000320. The maximum atomic E-state index is 13.3. The highest BCUT2D eigenvalue weighted by molar-refractivity contribution is 5.85. The van der Waals surface area contributed by atoms with Gasteiger partial charge in [-0.25, -0.2) is 0 Å². The van der Waals surface area contributed by atoms with E-state index in [1.165, 1.54) is 0 Å². The maximum absolute atomic E-state index is 13.3. The van der Waals surface area contributed by atoms with Crippen LogP contribution in [0, 0.1) is 0 Å². The summed E-state index contributed by atoms with van der Waals surface area (Å²) in [6, 6.07) is 11.3. The number of nitrogens with one attached hydrogen (secondary N) is 1. The van der Waals surface area contributed by atoms with E-state index in [1.807, 2.05) is 37.4 Å². The van der Waals surface area contributed by atoms with Gasteiger partial charge in [0.05, 0.1) is 41.3 Å². The fourth-order valence-corrected chi connectivity index (χ4v) is 5.65. The largest absolute Gasteiger partial charge is 0.416 e. The van der Waals surface area contributed by atoms with Crippen LogP contribution in [-0.2, 0) is 36.3 Å². The van der Waals surface area contributed by atoms with Crippen LogP contribution in [0.2, 0.25) is 0 Å². The lowest BCUT2D eigenvalue weighted by atomic mass is 9.79. The highest BCUT2D eigenvalue weighted by Gasteiger charge is 2.55. The van der Waals surface area contributed by atoms with E-state index in [0.29, 0.717) is 12.8 Å². The van der Waals surface area contributed by atoms with Crippen LogP contribution in [-0.4, -0.2) is 27.1 Å². The van der Waals surface area contributed by atoms with E-state index in [2.05, 4.69) is 15.6 Å². The normalized spacial score (nSPS) is 25.6. The van der Waals surface area contributed by atoms with Crippen LogP contribution in [0.25, 0.3) is 0 Å². The van der Waals surface area contributed by atoms with Gasteiger partial charge in [0.15, 0.2) is 0 Å². The van der Waals surface area contributed by atoms with Gasteiger partial charge in [-0.2, -0.15) is 26.3 Å². The molecule has 200 valence electrons. The molecule has 0 saturated carbocycles. The molecule has 37 heavy (non-hydrogen) atoms. The number of rotatable bonds is 5. The van der Waals surface area contributed by atoms with E-state index in [4.69, 9.17) is 4.74 Å². The van der Waals surface area contributed by atoms with Gasteiger partial charge < -0.3 is 10.1 Å². The molecule has 1 aromatic heterocycles. The number of hydrogen-bond acceptors (Lipinski definition) is 4. The molecule has 4 atom stereocenters. The molecule has 2 bridgehead atoms. The summed E-state index contributed by atoms with van der Waals surface area (Å²) in [4.78, 5) is 0. The van der Waals surface area contributed by atoms with Crippen molar-refractivity contribution < 1.29 is 31.1 Å². The minimum absolute atomic E-state index is 0. The van der Waals surface area contributed by atoms with Crippen molar-refractivity contribution in [3.63, 3.8) is 0 Å². The lowest BCUT2D eigenvalue weighted by molar-refractivity contribution is -0.143. The third kappa shape index (κ3) is 5.21. The minimum Gasteiger partial charge on any atom is -0.371 e. The van der Waals surface area contributed by atoms with E-state index in [0.717, 1.165) is 29.8 Å². The van der Waals surface area contributed by atoms with Gasteiger partial charge in [-0.05, 0) is 48.6 Å². The zero-order valence-electron chi connectivity index (χ0n) is 19.7. The Morgan fingerprint density at radius 1 is 1.00 bits per heavy atom. The number of ether oxygens (including phenoxy) is 1. The molecule has 0 amide bonds. The number of piperidine rings is 1. The average Bonchev–Trinajstić information content (AvgIpc) is 3.39. The Labute approximate surface area is 215 Å². The Morgan fingerprint density at radius 3 is 2.22 bits per heavy atom. The third-order valence-electron chi connectivity index (χ3n) is 7.28. The minimum atomic E-state index is -4.91. The summed E-state index contributed by atoms with van der Waals surface area (Å²) < 4.78 is 87.8. The summed E-state index contributed by atoms with van der Waals surface area (Å²) in [6.07, 6.45) is -6.60. The van der Waals surface area contributed by atoms with Crippen LogP contribution >= 0.6 is 12.4 Å². The molecule has 2 saturated heterocycles. The lowest BCUT2D eigenvalue weighted by Crippen LogP contribution is -2.54. The second-order valence-corrected chi connectivity index (χ2v) is 9.47. The second kappa shape index (κ2) is 9.92. The van der Waals surface area contributed by atoms with Crippen molar-refractivity contribution in [1.82, 2.24) is 20.3 Å². The Bertz CT molecular complexity index is 1200. The molecule has 0 aliphatic carbocycles. The van der Waals surface area contributed by atoms with Gasteiger partial charge in [-0.3, -0.25) is 4.68 Å². The molecule has 3 aromatic rings. The van der Waals surface area contributed by atoms with E-state index in [-0.39, 0.29) is 42.6 Å². The fraction of sp³-hybridized carbons (Fsp3) is 0.440. The summed E-state index contributed by atoms with van der Waals surface area (Å²) in [5.74, 6) is 0.0733. The Kier molecular flexibility index (Phi) is 7.35. The quantitative estimate of drug-likeness (QED) is 0.399. The van der Waals surface area contributed by atoms with Gasteiger partial charge in [0.2, 0.25) is 0 Å². The molecule has 2 fully saturated rings. The molecule has 2 aliphatic rings. The highest BCUT2D eigenvalue weighted by Crippen LogP contribution is 2.51. The first kappa shape index (κ1) is 27.4. The average molecular weight is 547 g/mol. The molecule has 5 rings (SSSR count). The van der Waals surface area contributed by atoms with Crippen LogP contribution in [0.1, 0.15) is 53.1 Å². The number of alkyl halides is 6. The van der Waals surface area contributed by atoms with Crippen molar-refractivity contribution in [3.05, 3.63) is 82.7 Å². The first-order valence-corrected chi connectivity index (χ1v) is 11.5. The summed E-state index contributed by atoms with van der Waals surface area (Å²) in [7, 11) is 1.82. The van der Waals surface area contributed by atoms with E-state index in [9.17, 15) is 26.3 Å². The van der Waals surface area contributed by atoms with Crippen molar-refractivity contribution in [3.8, 4) is 0 Å². The molecule has 12 heteroatoms. The molecule has 5 nitrogen and oxygen atoms in total. The number of fused-ring (bicyclic) bond motifs is 2. The fourth-order valence-electron chi connectivity index (χ4n) is 5.65. The van der Waals surface area contributed by atoms with E-state index < -0.39 is 35.1 Å². The van der Waals surface area contributed by atoms with E-state index >= 15 is 0 Å². The van der Waals surface area contributed by atoms with Crippen LogP contribution in [0.4, 0.5) is 26.3 Å². The van der Waals surface area contributed by atoms with Crippen molar-refractivity contribution in [2.75, 3.05) is 0 Å². The summed E-state index contributed by atoms with van der Waals surface area (Å²) >= 11 is 0. The zero-order valence-corrected chi connectivity index (χ0v) is 20.5. The molecule has 0 spiro atoms. The number of aryl methyl sites for hydroxylation is 1. The molecule has 0 radical (unpaired) electrons. The molecule has 2 aliphatic heterocycles. The summed E-state index contributed by atoms with van der Waals surface area (Å²) in [5.41, 5.74) is -1.61.